The number of nitrogens with one attached hydrogen (secondary N) is 1. The molecule has 2 rings (SSSR count). The van der Waals surface area contributed by atoms with Gasteiger partial charge in [-0.15, -0.1) is 0 Å². The first-order valence-electron chi connectivity index (χ1n) is 5.90. The summed E-state index contributed by atoms with van der Waals surface area (Å²) in [5.41, 5.74) is 2.24. The first-order valence-corrected chi connectivity index (χ1v) is 5.90. The summed E-state index contributed by atoms with van der Waals surface area (Å²) >= 11 is 0. The van der Waals surface area contributed by atoms with Gasteiger partial charge in [-0.25, -0.2) is 5.84 Å². The minimum absolute atomic E-state index is 0.920. The number of benzene rings is 1. The van der Waals surface area contributed by atoms with E-state index in [0.717, 1.165) is 24.2 Å². The van der Waals surface area contributed by atoms with E-state index in [9.17, 15) is 0 Å². The van der Waals surface area contributed by atoms with Gasteiger partial charge in [-0.3, -0.25) is 0 Å². The molecule has 3 N–H and O–H groups in total. The maximum absolute atomic E-state index is 6.02. The largest absolute Gasteiger partial charge is 0.361 e. The number of fused-ring (bicyclic) bond motifs is 1. The molecule has 3 nitrogen and oxygen atoms in total. The first kappa shape index (κ1) is 11.0. The molecule has 2 aromatic rings. The molecule has 0 amide bonds. The Kier molecular flexibility index (Phi) is 3.47. The highest BCUT2D eigenvalue weighted by Crippen LogP contribution is 2.19. The number of aromatic nitrogens is 1. The monoisotopic (exact) mass is 217 g/mol. The summed E-state index contributed by atoms with van der Waals surface area (Å²) in [6.45, 7) is 3.12. The van der Waals surface area contributed by atoms with Crippen molar-refractivity contribution in [2.45, 2.75) is 26.2 Å². The van der Waals surface area contributed by atoms with E-state index in [2.05, 4.69) is 36.2 Å². The van der Waals surface area contributed by atoms with Gasteiger partial charge in [0.2, 0.25) is 0 Å². The van der Waals surface area contributed by atoms with Crippen molar-refractivity contribution in [2.75, 3.05) is 11.6 Å². The van der Waals surface area contributed by atoms with Crippen LogP contribution in [0, 0.1) is 0 Å². The quantitative estimate of drug-likeness (QED) is 0.459. The molecule has 1 aromatic carbocycles. The number of nitrogens with two attached hydrogens (primary N) is 1. The average molecular weight is 217 g/mol. The fraction of sp³-hybridized carbons (Fsp3) is 0.385. The minimum atomic E-state index is 0.920. The maximum atomic E-state index is 6.02. The molecular weight excluding hydrogens is 198 g/mol. The molecule has 16 heavy (non-hydrogen) atoms. The minimum Gasteiger partial charge on any atom is -0.361 e. The third-order valence-electron chi connectivity index (χ3n) is 2.87. The first-order chi connectivity index (χ1) is 7.81. The second-order valence-electron chi connectivity index (χ2n) is 4.15. The Labute approximate surface area is 96.2 Å². The standard InChI is InChI=1S/C13H19N3/c1-2-3-4-9-16(14)12-5-6-13-11(10-12)7-8-15-13/h5-8,10,15H,2-4,9,14H2,1H3. The van der Waals surface area contributed by atoms with Crippen LogP contribution in [0.25, 0.3) is 10.9 Å². The van der Waals surface area contributed by atoms with Gasteiger partial charge < -0.3 is 9.99 Å². The van der Waals surface area contributed by atoms with Gasteiger partial charge in [0.15, 0.2) is 0 Å². The van der Waals surface area contributed by atoms with E-state index in [1.165, 1.54) is 18.2 Å². The zero-order chi connectivity index (χ0) is 11.4. The lowest BCUT2D eigenvalue weighted by atomic mass is 10.2. The Hall–Kier alpha value is -1.48. The van der Waals surface area contributed by atoms with Crippen LogP contribution >= 0.6 is 0 Å². The van der Waals surface area contributed by atoms with Gasteiger partial charge in [-0.2, -0.15) is 0 Å². The molecule has 86 valence electrons. The number of nitrogens with zero attached hydrogens (tertiary/aromatic N) is 1. The van der Waals surface area contributed by atoms with Crippen molar-refractivity contribution in [1.29, 1.82) is 0 Å². The van der Waals surface area contributed by atoms with E-state index < -0.39 is 0 Å². The van der Waals surface area contributed by atoms with Gasteiger partial charge in [-0.05, 0) is 30.7 Å². The zero-order valence-corrected chi connectivity index (χ0v) is 9.74. The topological polar surface area (TPSA) is 45.0 Å². The van der Waals surface area contributed by atoms with Crippen molar-refractivity contribution in [2.24, 2.45) is 5.84 Å². The zero-order valence-electron chi connectivity index (χ0n) is 9.74. The van der Waals surface area contributed by atoms with Gasteiger partial charge in [0, 0.05) is 23.6 Å². The number of hydrazine groups is 1. The molecule has 0 saturated heterocycles. The van der Waals surface area contributed by atoms with Crippen LogP contribution in [0.4, 0.5) is 5.69 Å². The van der Waals surface area contributed by atoms with Crippen LogP contribution in [0.15, 0.2) is 30.5 Å². The molecule has 1 aromatic heterocycles. The van der Waals surface area contributed by atoms with Gasteiger partial charge in [0.1, 0.15) is 0 Å². The molecule has 0 atom stereocenters. The predicted octanol–water partition coefficient (Wildman–Crippen LogP) is 3.04. The van der Waals surface area contributed by atoms with Gasteiger partial charge >= 0.3 is 0 Å². The van der Waals surface area contributed by atoms with Crippen LogP contribution in [0.1, 0.15) is 26.2 Å². The van der Waals surface area contributed by atoms with E-state index >= 15 is 0 Å². The second kappa shape index (κ2) is 5.03. The van der Waals surface area contributed by atoms with Crippen LogP contribution in [0.2, 0.25) is 0 Å². The summed E-state index contributed by atoms with van der Waals surface area (Å²) in [4.78, 5) is 3.18. The van der Waals surface area contributed by atoms with Crippen LogP contribution in [0.5, 0.6) is 0 Å². The maximum Gasteiger partial charge on any atom is 0.0524 e. The normalized spacial score (nSPS) is 10.9. The Morgan fingerprint density at radius 2 is 2.12 bits per heavy atom. The van der Waals surface area contributed by atoms with Crippen LogP contribution in [0.3, 0.4) is 0 Å². The summed E-state index contributed by atoms with van der Waals surface area (Å²) in [6.07, 6.45) is 5.56. The number of rotatable bonds is 5. The Morgan fingerprint density at radius 1 is 1.25 bits per heavy atom. The third kappa shape index (κ3) is 2.36. The second-order valence-corrected chi connectivity index (χ2v) is 4.15. The van der Waals surface area contributed by atoms with Crippen molar-refractivity contribution >= 4 is 16.6 Å². The number of aromatic amines is 1. The molecule has 0 radical (unpaired) electrons. The van der Waals surface area contributed by atoms with E-state index in [4.69, 9.17) is 5.84 Å². The number of anilines is 1. The van der Waals surface area contributed by atoms with Crippen LogP contribution < -0.4 is 10.9 Å². The fourth-order valence-corrected chi connectivity index (χ4v) is 1.88. The lowest BCUT2D eigenvalue weighted by Crippen LogP contribution is -2.31. The van der Waals surface area contributed by atoms with E-state index in [1.807, 2.05) is 11.2 Å². The van der Waals surface area contributed by atoms with Gasteiger partial charge in [0.05, 0.1) is 5.69 Å². The van der Waals surface area contributed by atoms with E-state index in [1.54, 1.807) is 0 Å². The summed E-state index contributed by atoms with van der Waals surface area (Å²) in [5, 5.41) is 3.05. The van der Waals surface area contributed by atoms with E-state index in [0.29, 0.717) is 0 Å². The van der Waals surface area contributed by atoms with Crippen molar-refractivity contribution in [1.82, 2.24) is 4.98 Å². The molecule has 0 saturated carbocycles. The molecule has 0 bridgehead atoms. The molecule has 0 aliphatic rings. The highest BCUT2D eigenvalue weighted by molar-refractivity contribution is 5.83. The number of unbranched alkanes of at least 4 members (excludes halogenated alkanes) is 2. The fourth-order valence-electron chi connectivity index (χ4n) is 1.88. The number of hydrogen-bond acceptors (Lipinski definition) is 2. The van der Waals surface area contributed by atoms with Crippen LogP contribution in [-0.2, 0) is 0 Å². The van der Waals surface area contributed by atoms with Gasteiger partial charge in [-0.1, -0.05) is 19.8 Å². The smallest absolute Gasteiger partial charge is 0.0524 e. The Bertz CT molecular complexity index is 447. The third-order valence-corrected chi connectivity index (χ3v) is 2.87. The predicted molar refractivity (Wildman–Crippen MR) is 69.4 cm³/mol. The molecular formula is C13H19N3. The van der Waals surface area contributed by atoms with Crippen molar-refractivity contribution in [3.05, 3.63) is 30.5 Å². The lowest BCUT2D eigenvalue weighted by Gasteiger charge is -2.18. The molecule has 3 heteroatoms. The Balaban J connectivity index is 2.07. The summed E-state index contributed by atoms with van der Waals surface area (Å²) in [7, 11) is 0. The Morgan fingerprint density at radius 3 is 2.94 bits per heavy atom. The molecule has 0 aliphatic carbocycles. The van der Waals surface area contributed by atoms with Crippen molar-refractivity contribution < 1.29 is 0 Å². The molecule has 0 aliphatic heterocycles. The van der Waals surface area contributed by atoms with Crippen LogP contribution in [-0.4, -0.2) is 11.5 Å². The molecule has 0 unspecified atom stereocenters. The SMILES string of the molecule is CCCCCN(N)c1ccc2[nH]ccc2c1. The molecule has 0 fully saturated rings. The van der Waals surface area contributed by atoms with Gasteiger partial charge in [0.25, 0.3) is 0 Å². The summed E-state index contributed by atoms with van der Waals surface area (Å²) in [6, 6.07) is 8.33. The average Bonchev–Trinajstić information content (AvgIpc) is 2.76. The van der Waals surface area contributed by atoms with Crippen molar-refractivity contribution in [3.8, 4) is 0 Å². The van der Waals surface area contributed by atoms with E-state index in [-0.39, 0.29) is 0 Å². The number of H-pyrrole nitrogens is 1. The highest BCUT2D eigenvalue weighted by atomic mass is 15.4. The highest BCUT2D eigenvalue weighted by Gasteiger charge is 2.02. The lowest BCUT2D eigenvalue weighted by molar-refractivity contribution is 0.688. The van der Waals surface area contributed by atoms with Crippen molar-refractivity contribution in [3.63, 3.8) is 0 Å². The number of hydrogen-bond donors (Lipinski definition) is 2. The summed E-state index contributed by atoms with van der Waals surface area (Å²) in [5.74, 6) is 6.02. The summed E-state index contributed by atoms with van der Waals surface area (Å²) < 4.78 is 0. The molecule has 1 heterocycles. The molecule has 0 spiro atoms.